The molecule has 1 amide bonds. The normalized spacial score (nSPS) is 26.8. The molecule has 4 rings (SSSR count). The number of nitrogens with one attached hydrogen (secondary N) is 1. The number of alkyl halides is 3. The van der Waals surface area contributed by atoms with Gasteiger partial charge in [-0.15, -0.1) is 0 Å². The van der Waals surface area contributed by atoms with Crippen LogP contribution in [0.3, 0.4) is 0 Å². The number of halogens is 3. The van der Waals surface area contributed by atoms with Crippen LogP contribution in [0.25, 0.3) is 10.9 Å². The van der Waals surface area contributed by atoms with Gasteiger partial charge in [-0.1, -0.05) is 13.3 Å². The highest BCUT2D eigenvalue weighted by molar-refractivity contribution is 5.80. The van der Waals surface area contributed by atoms with Crippen LogP contribution in [-0.2, 0) is 23.0 Å². The van der Waals surface area contributed by atoms with Crippen molar-refractivity contribution in [2.24, 2.45) is 24.8 Å². The molecular formula is C28H38F3N3O3. The molecule has 37 heavy (non-hydrogen) atoms. The monoisotopic (exact) mass is 521 g/mol. The van der Waals surface area contributed by atoms with E-state index in [1.54, 1.807) is 18.7 Å². The zero-order valence-electron chi connectivity index (χ0n) is 21.9. The number of hydrogen-bond donors (Lipinski definition) is 1. The van der Waals surface area contributed by atoms with Crippen molar-refractivity contribution in [2.45, 2.75) is 82.8 Å². The highest BCUT2D eigenvalue weighted by Gasteiger charge is 2.44. The summed E-state index contributed by atoms with van der Waals surface area (Å²) in [5, 5.41) is 3.94. The van der Waals surface area contributed by atoms with Gasteiger partial charge in [-0.2, -0.15) is 13.2 Å². The molecule has 0 bridgehead atoms. The summed E-state index contributed by atoms with van der Waals surface area (Å²) in [7, 11) is 3.44. The Morgan fingerprint density at radius 1 is 1.19 bits per heavy atom. The largest absolute Gasteiger partial charge is 0.391 e. The predicted octanol–water partition coefficient (Wildman–Crippen LogP) is 5.27. The van der Waals surface area contributed by atoms with E-state index < -0.39 is 18.0 Å². The van der Waals surface area contributed by atoms with Gasteiger partial charge >= 0.3 is 6.18 Å². The van der Waals surface area contributed by atoms with E-state index in [0.717, 1.165) is 42.3 Å². The zero-order valence-corrected chi connectivity index (χ0v) is 21.9. The molecule has 2 heterocycles. The van der Waals surface area contributed by atoms with Gasteiger partial charge in [0.05, 0.1) is 11.4 Å². The molecule has 204 valence electrons. The second kappa shape index (κ2) is 11.5. The first-order valence-corrected chi connectivity index (χ1v) is 13.4. The lowest BCUT2D eigenvalue weighted by Gasteiger charge is -2.36. The Morgan fingerprint density at radius 2 is 1.97 bits per heavy atom. The van der Waals surface area contributed by atoms with Gasteiger partial charge in [0.2, 0.25) is 5.91 Å². The van der Waals surface area contributed by atoms with Crippen LogP contribution in [0, 0.1) is 17.8 Å². The van der Waals surface area contributed by atoms with Crippen molar-refractivity contribution < 1.29 is 22.7 Å². The number of methoxy groups -OCH3 is 1. The molecule has 0 aromatic carbocycles. The molecule has 0 spiro atoms. The Morgan fingerprint density at radius 3 is 2.70 bits per heavy atom. The molecule has 5 unspecified atom stereocenters. The van der Waals surface area contributed by atoms with Gasteiger partial charge in [0.15, 0.2) is 0 Å². The number of hydrogen-bond acceptors (Lipinski definition) is 4. The van der Waals surface area contributed by atoms with Gasteiger partial charge in [-0.3, -0.25) is 14.6 Å². The van der Waals surface area contributed by atoms with Crippen molar-refractivity contribution in [3.05, 3.63) is 39.9 Å². The molecule has 2 aliphatic carbocycles. The number of amides is 1. The minimum absolute atomic E-state index is 0.0437. The predicted molar refractivity (Wildman–Crippen MR) is 136 cm³/mol. The molecule has 2 saturated carbocycles. The molecule has 2 aromatic heterocycles. The molecule has 5 atom stereocenters. The molecular weight excluding hydrogens is 483 g/mol. The first kappa shape index (κ1) is 27.6. The number of nitrogens with zero attached hydrogens (tertiary/aromatic N) is 2. The van der Waals surface area contributed by atoms with Crippen molar-refractivity contribution >= 4 is 16.8 Å². The van der Waals surface area contributed by atoms with Crippen LogP contribution in [0.1, 0.15) is 75.5 Å². The minimum Gasteiger partial charge on any atom is -0.385 e. The lowest BCUT2D eigenvalue weighted by Crippen LogP contribution is -2.45. The summed E-state index contributed by atoms with van der Waals surface area (Å²) >= 11 is 0. The number of ether oxygens (including phenoxy) is 1. The lowest BCUT2D eigenvalue weighted by atomic mass is 9.74. The summed E-state index contributed by atoms with van der Waals surface area (Å²) < 4.78 is 46.5. The maximum absolute atomic E-state index is 13.4. The Labute approximate surface area is 216 Å². The summed E-state index contributed by atoms with van der Waals surface area (Å²) in [4.78, 5) is 30.9. The second-order valence-electron chi connectivity index (χ2n) is 11.0. The summed E-state index contributed by atoms with van der Waals surface area (Å²) in [6, 6.07) is 3.74. The number of rotatable bonds is 7. The van der Waals surface area contributed by atoms with E-state index >= 15 is 0 Å². The molecule has 0 radical (unpaired) electrons. The molecule has 9 heteroatoms. The minimum atomic E-state index is -4.25. The average Bonchev–Trinajstić information content (AvgIpc) is 2.87. The summed E-state index contributed by atoms with van der Waals surface area (Å²) in [6.07, 6.45) is 2.27. The maximum Gasteiger partial charge on any atom is 0.391 e. The Hall–Kier alpha value is -2.42. The van der Waals surface area contributed by atoms with Crippen LogP contribution in [0.5, 0.6) is 0 Å². The van der Waals surface area contributed by atoms with Crippen LogP contribution >= 0.6 is 0 Å². The van der Waals surface area contributed by atoms with E-state index in [4.69, 9.17) is 4.74 Å². The number of aromatic nitrogens is 2. The molecule has 6 nitrogen and oxygen atoms in total. The zero-order chi connectivity index (χ0) is 26.7. The fourth-order valence-electron chi connectivity index (χ4n) is 6.16. The number of fused-ring (bicyclic) bond motifs is 1. The van der Waals surface area contributed by atoms with Crippen LogP contribution in [0.15, 0.2) is 23.1 Å². The van der Waals surface area contributed by atoms with Crippen molar-refractivity contribution in [2.75, 3.05) is 13.7 Å². The summed E-state index contributed by atoms with van der Waals surface area (Å²) in [6.45, 7) is 2.77. The molecule has 1 N–H and O–H groups in total. The number of carbonyl (C=O) groups excluding carboxylic acids is 1. The van der Waals surface area contributed by atoms with E-state index in [2.05, 4.69) is 17.2 Å². The van der Waals surface area contributed by atoms with Crippen molar-refractivity contribution in [1.29, 1.82) is 0 Å². The Balaban J connectivity index is 1.49. The van der Waals surface area contributed by atoms with E-state index in [-0.39, 0.29) is 42.2 Å². The molecule has 2 fully saturated rings. The molecule has 2 aromatic rings. The van der Waals surface area contributed by atoms with Crippen LogP contribution in [-0.4, -0.2) is 41.4 Å². The summed E-state index contributed by atoms with van der Waals surface area (Å²) in [5.74, 6) is -2.06. The Kier molecular flexibility index (Phi) is 8.61. The first-order chi connectivity index (χ1) is 17.6. The highest BCUT2D eigenvalue weighted by atomic mass is 19.4. The second-order valence-corrected chi connectivity index (χ2v) is 11.0. The van der Waals surface area contributed by atoms with Gasteiger partial charge in [-0.25, -0.2) is 0 Å². The topological polar surface area (TPSA) is 73.2 Å². The van der Waals surface area contributed by atoms with Crippen molar-refractivity contribution in [1.82, 2.24) is 14.9 Å². The molecule has 0 saturated heterocycles. The number of aryl methyl sites for hydroxylation is 2. The molecule has 0 aliphatic heterocycles. The smallest absolute Gasteiger partial charge is 0.385 e. The van der Waals surface area contributed by atoms with E-state index in [1.807, 2.05) is 18.3 Å². The van der Waals surface area contributed by atoms with Gasteiger partial charge in [0, 0.05) is 55.6 Å². The van der Waals surface area contributed by atoms with Crippen molar-refractivity contribution in [3.63, 3.8) is 0 Å². The number of carbonyl (C=O) groups is 1. The Bertz CT molecular complexity index is 1160. The SMILES string of the molecule is COCCCc1cc2c(cn1)cc(C1CC(NC(=O)C3CCCC(C(F)(F)F)C3)CCC1C)c(=O)n2C. The third kappa shape index (κ3) is 6.36. The quantitative estimate of drug-likeness (QED) is 0.504. The maximum atomic E-state index is 13.4. The summed E-state index contributed by atoms with van der Waals surface area (Å²) in [5.41, 5.74) is 2.41. The fourth-order valence-corrected chi connectivity index (χ4v) is 6.16. The van der Waals surface area contributed by atoms with Gasteiger partial charge in [0.1, 0.15) is 0 Å². The van der Waals surface area contributed by atoms with Crippen LogP contribution in [0.2, 0.25) is 0 Å². The van der Waals surface area contributed by atoms with E-state index in [1.165, 1.54) is 0 Å². The lowest BCUT2D eigenvalue weighted by molar-refractivity contribution is -0.186. The van der Waals surface area contributed by atoms with Gasteiger partial charge in [0.25, 0.3) is 5.56 Å². The van der Waals surface area contributed by atoms with Gasteiger partial charge in [-0.05, 0) is 75.3 Å². The highest BCUT2D eigenvalue weighted by Crippen LogP contribution is 2.41. The fraction of sp³-hybridized carbons (Fsp3) is 0.679. The third-order valence-electron chi connectivity index (χ3n) is 8.42. The standard InChI is InChI=1S/C28H38F3N3O3/c1-17-9-10-22(33-26(35)18-6-4-7-20(12-18)28(29,30)31)14-23(17)24-13-19-16-32-21(8-5-11-37-3)15-25(19)34(2)27(24)36/h13,15-18,20,22-23H,4-12,14H2,1-3H3,(H,33,35). The molecule has 2 aliphatic rings. The third-order valence-corrected chi connectivity index (χ3v) is 8.42. The van der Waals surface area contributed by atoms with E-state index in [9.17, 15) is 22.8 Å². The average molecular weight is 522 g/mol. The van der Waals surface area contributed by atoms with Crippen molar-refractivity contribution in [3.8, 4) is 0 Å². The number of pyridine rings is 2. The van der Waals surface area contributed by atoms with Crippen LogP contribution < -0.4 is 10.9 Å². The van der Waals surface area contributed by atoms with Crippen LogP contribution in [0.4, 0.5) is 13.2 Å². The van der Waals surface area contributed by atoms with Gasteiger partial charge < -0.3 is 14.6 Å². The van der Waals surface area contributed by atoms with E-state index in [0.29, 0.717) is 31.4 Å². The first-order valence-electron chi connectivity index (χ1n) is 13.4.